The lowest BCUT2D eigenvalue weighted by Crippen LogP contribution is -2.19. The third-order valence-electron chi connectivity index (χ3n) is 1.68. The van der Waals surface area contributed by atoms with Crippen LogP contribution in [0.3, 0.4) is 0 Å². The van der Waals surface area contributed by atoms with Gasteiger partial charge in [0.15, 0.2) is 0 Å². The molecule has 68 valence electrons. The molecule has 1 rings (SSSR count). The molecule has 13 heavy (non-hydrogen) atoms. The lowest BCUT2D eigenvalue weighted by Gasteiger charge is -2.09. The predicted molar refractivity (Wildman–Crippen MR) is 54.0 cm³/mol. The number of nitrogens with one attached hydrogen (secondary N) is 1. The molecule has 0 saturated heterocycles. The van der Waals surface area contributed by atoms with Crippen molar-refractivity contribution in [3.63, 3.8) is 0 Å². The Balaban J connectivity index is 2.62. The summed E-state index contributed by atoms with van der Waals surface area (Å²) >= 11 is 3.31. The molecule has 0 aromatic carbocycles. The molecule has 3 nitrogen and oxygen atoms in total. The highest BCUT2D eigenvalue weighted by Crippen LogP contribution is 2.12. The lowest BCUT2D eigenvalue weighted by atomic mass is 10.2. The van der Waals surface area contributed by atoms with Crippen molar-refractivity contribution in [1.82, 2.24) is 10.3 Å². The monoisotopic (exact) mass is 239 g/mol. The van der Waals surface area contributed by atoms with Gasteiger partial charge in [0, 0.05) is 16.7 Å². The fraction of sp³-hybridized carbons (Fsp3) is 0.333. The Kier molecular flexibility index (Phi) is 3.87. The quantitative estimate of drug-likeness (QED) is 0.822. The number of nitrogens with zero attached hydrogens (tertiary/aromatic N) is 2. The van der Waals surface area contributed by atoms with Gasteiger partial charge in [-0.1, -0.05) is 0 Å². The van der Waals surface area contributed by atoms with Crippen molar-refractivity contribution in [1.29, 1.82) is 5.26 Å². The number of halogens is 1. The van der Waals surface area contributed by atoms with Crippen molar-refractivity contribution in [2.45, 2.75) is 13.0 Å². The van der Waals surface area contributed by atoms with Crippen LogP contribution in [-0.4, -0.2) is 11.5 Å². The summed E-state index contributed by atoms with van der Waals surface area (Å²) in [5.74, 6) is 0. The second-order valence-corrected chi connectivity index (χ2v) is 3.58. The summed E-state index contributed by atoms with van der Waals surface area (Å²) in [6, 6.07) is 6.02. The molecule has 0 spiro atoms. The number of hydrogen-bond acceptors (Lipinski definition) is 3. The first-order chi connectivity index (χ1) is 6.24. The Labute approximate surface area is 85.9 Å². The molecule has 0 amide bonds. The van der Waals surface area contributed by atoms with Gasteiger partial charge in [-0.3, -0.25) is 10.3 Å². The van der Waals surface area contributed by atoms with Crippen LogP contribution in [0.1, 0.15) is 18.7 Å². The molecule has 4 heteroatoms. The molecule has 0 fully saturated rings. The van der Waals surface area contributed by atoms with Crippen LogP contribution in [0.15, 0.2) is 22.8 Å². The van der Waals surface area contributed by atoms with E-state index in [0.29, 0.717) is 6.54 Å². The summed E-state index contributed by atoms with van der Waals surface area (Å²) in [6.45, 7) is 2.33. The molecule has 0 saturated carbocycles. The summed E-state index contributed by atoms with van der Waals surface area (Å²) in [5, 5.41) is 11.4. The second-order valence-electron chi connectivity index (χ2n) is 2.66. The number of aromatic nitrogens is 1. The van der Waals surface area contributed by atoms with Crippen LogP contribution >= 0.6 is 15.9 Å². The average molecular weight is 240 g/mol. The molecule has 1 aromatic rings. The molecule has 0 aliphatic rings. The van der Waals surface area contributed by atoms with Crippen LogP contribution in [0.2, 0.25) is 0 Å². The maximum Gasteiger partial charge on any atom is 0.0846 e. The zero-order chi connectivity index (χ0) is 9.68. The zero-order valence-corrected chi connectivity index (χ0v) is 8.87. The molecule has 1 unspecified atom stereocenters. The summed E-state index contributed by atoms with van der Waals surface area (Å²) in [7, 11) is 0. The lowest BCUT2D eigenvalue weighted by molar-refractivity contribution is 0.604. The third-order valence-corrected chi connectivity index (χ3v) is 2.15. The van der Waals surface area contributed by atoms with Gasteiger partial charge in [0.05, 0.1) is 18.3 Å². The van der Waals surface area contributed by atoms with Crippen molar-refractivity contribution < 1.29 is 0 Å². The molecule has 1 atom stereocenters. The molecule has 0 aliphatic carbocycles. The van der Waals surface area contributed by atoms with Crippen LogP contribution in [0.4, 0.5) is 0 Å². The minimum Gasteiger partial charge on any atom is -0.296 e. The molecular weight excluding hydrogens is 230 g/mol. The van der Waals surface area contributed by atoms with E-state index >= 15 is 0 Å². The Morgan fingerprint density at radius 3 is 3.00 bits per heavy atom. The minimum atomic E-state index is 0.118. The van der Waals surface area contributed by atoms with E-state index in [1.54, 1.807) is 6.20 Å². The fourth-order valence-electron chi connectivity index (χ4n) is 0.947. The number of nitriles is 1. The van der Waals surface area contributed by atoms with Crippen LogP contribution in [0.5, 0.6) is 0 Å². The number of pyridine rings is 1. The maximum atomic E-state index is 8.37. The third kappa shape index (κ3) is 3.13. The summed E-state index contributed by atoms with van der Waals surface area (Å²) < 4.78 is 0.962. The number of rotatable bonds is 3. The van der Waals surface area contributed by atoms with Gasteiger partial charge in [0.1, 0.15) is 0 Å². The van der Waals surface area contributed by atoms with Crippen molar-refractivity contribution in [2.75, 3.05) is 6.54 Å². The van der Waals surface area contributed by atoms with E-state index in [4.69, 9.17) is 5.26 Å². The molecule has 0 bridgehead atoms. The van der Waals surface area contributed by atoms with Crippen molar-refractivity contribution >= 4 is 15.9 Å². The molecule has 0 aliphatic heterocycles. The van der Waals surface area contributed by atoms with E-state index in [1.165, 1.54) is 0 Å². The van der Waals surface area contributed by atoms with Gasteiger partial charge in [-0.05, 0) is 35.0 Å². The fourth-order valence-corrected chi connectivity index (χ4v) is 1.18. The van der Waals surface area contributed by atoms with Gasteiger partial charge < -0.3 is 0 Å². The van der Waals surface area contributed by atoms with E-state index in [0.717, 1.165) is 10.2 Å². The van der Waals surface area contributed by atoms with Crippen LogP contribution < -0.4 is 5.32 Å². The van der Waals surface area contributed by atoms with Crippen molar-refractivity contribution in [2.24, 2.45) is 0 Å². The summed E-state index contributed by atoms with van der Waals surface area (Å²) in [6.07, 6.45) is 1.75. The average Bonchev–Trinajstić information content (AvgIpc) is 2.15. The second kappa shape index (κ2) is 4.95. The van der Waals surface area contributed by atoms with Gasteiger partial charge in [0.25, 0.3) is 0 Å². The van der Waals surface area contributed by atoms with Gasteiger partial charge in [-0.25, -0.2) is 0 Å². The SMILES string of the molecule is CC(NCC#N)c1ccc(Br)cn1. The highest BCUT2D eigenvalue weighted by molar-refractivity contribution is 9.10. The minimum absolute atomic E-state index is 0.118. The molecule has 0 radical (unpaired) electrons. The highest BCUT2D eigenvalue weighted by atomic mass is 79.9. The van der Waals surface area contributed by atoms with Gasteiger partial charge in [-0.2, -0.15) is 5.26 Å². The van der Waals surface area contributed by atoms with Gasteiger partial charge >= 0.3 is 0 Å². The largest absolute Gasteiger partial charge is 0.296 e. The molecule has 1 heterocycles. The first-order valence-electron chi connectivity index (χ1n) is 3.96. The van der Waals surface area contributed by atoms with E-state index in [2.05, 4.69) is 26.2 Å². The molecule has 1 aromatic heterocycles. The molecular formula is C9H10BrN3. The summed E-state index contributed by atoms with van der Waals surface area (Å²) in [5.41, 5.74) is 0.943. The topological polar surface area (TPSA) is 48.7 Å². The van der Waals surface area contributed by atoms with E-state index in [9.17, 15) is 0 Å². The molecule has 1 N–H and O–H groups in total. The van der Waals surface area contributed by atoms with E-state index < -0.39 is 0 Å². The Bertz CT molecular complexity index is 302. The Morgan fingerprint density at radius 2 is 2.46 bits per heavy atom. The Hall–Kier alpha value is -0.920. The van der Waals surface area contributed by atoms with Gasteiger partial charge in [-0.15, -0.1) is 0 Å². The van der Waals surface area contributed by atoms with Crippen molar-refractivity contribution in [3.05, 3.63) is 28.5 Å². The Morgan fingerprint density at radius 1 is 1.69 bits per heavy atom. The van der Waals surface area contributed by atoms with E-state index in [1.807, 2.05) is 25.1 Å². The standard InChI is InChI=1S/C9H10BrN3/c1-7(12-5-4-11)9-3-2-8(10)6-13-9/h2-3,6-7,12H,5H2,1H3. The van der Waals surface area contributed by atoms with Gasteiger partial charge in [0.2, 0.25) is 0 Å². The maximum absolute atomic E-state index is 8.37. The first kappa shape index (κ1) is 10.2. The zero-order valence-electron chi connectivity index (χ0n) is 7.29. The van der Waals surface area contributed by atoms with Crippen LogP contribution in [0, 0.1) is 11.3 Å². The van der Waals surface area contributed by atoms with Crippen LogP contribution in [0.25, 0.3) is 0 Å². The number of hydrogen-bond donors (Lipinski definition) is 1. The normalized spacial score (nSPS) is 12.1. The predicted octanol–water partition coefficient (Wildman–Crippen LogP) is 2.02. The summed E-state index contributed by atoms with van der Waals surface area (Å²) in [4.78, 5) is 4.21. The smallest absolute Gasteiger partial charge is 0.0846 e. The van der Waals surface area contributed by atoms with Crippen LogP contribution in [-0.2, 0) is 0 Å². The van der Waals surface area contributed by atoms with E-state index in [-0.39, 0.29) is 6.04 Å². The first-order valence-corrected chi connectivity index (χ1v) is 4.75. The highest BCUT2D eigenvalue weighted by Gasteiger charge is 2.04. The van der Waals surface area contributed by atoms with Crippen molar-refractivity contribution in [3.8, 4) is 6.07 Å².